The van der Waals surface area contributed by atoms with Gasteiger partial charge in [0.1, 0.15) is 0 Å². The van der Waals surface area contributed by atoms with Crippen molar-refractivity contribution in [1.29, 1.82) is 0 Å². The highest BCUT2D eigenvalue weighted by Crippen LogP contribution is 2.57. The van der Waals surface area contributed by atoms with E-state index in [1.165, 1.54) is 78.6 Å². The van der Waals surface area contributed by atoms with E-state index in [1.807, 2.05) is 0 Å². The third kappa shape index (κ3) is 5.59. The monoisotopic (exact) mass is 707 g/mol. The highest BCUT2D eigenvalue weighted by molar-refractivity contribution is 6.04. The fraction of sp³-hybridized carbons (Fsp3) is 0.0769. The quantitative estimate of drug-likeness (QED) is 0.176. The maximum Gasteiger partial charge on any atom is 0.0739 e. The molecule has 3 heteroatoms. The van der Waals surface area contributed by atoms with Crippen molar-refractivity contribution in [2.75, 3.05) is 14.7 Å². The zero-order valence-electron chi connectivity index (χ0n) is 31.2. The van der Waals surface area contributed by atoms with Crippen molar-refractivity contribution in [2.24, 2.45) is 0 Å². The number of nitrogens with zero attached hydrogens (tertiary/aromatic N) is 3. The number of hydrogen-bond acceptors (Lipinski definition) is 3. The van der Waals surface area contributed by atoms with Crippen molar-refractivity contribution in [2.45, 2.75) is 26.7 Å². The predicted octanol–water partition coefficient (Wildman–Crippen LogP) is 14.0. The van der Waals surface area contributed by atoms with Crippen LogP contribution in [0.2, 0.25) is 0 Å². The second-order valence-electron chi connectivity index (χ2n) is 14.6. The summed E-state index contributed by atoms with van der Waals surface area (Å²) < 4.78 is 0. The maximum absolute atomic E-state index is 2.46. The van der Waals surface area contributed by atoms with Crippen molar-refractivity contribution in [3.63, 3.8) is 0 Å². The number of hydrogen-bond donors (Lipinski definition) is 0. The lowest BCUT2D eigenvalue weighted by Gasteiger charge is -2.44. The van der Waals surface area contributed by atoms with E-state index in [2.05, 4.69) is 217 Å². The van der Waals surface area contributed by atoms with Crippen LogP contribution in [0.3, 0.4) is 0 Å². The summed E-state index contributed by atoms with van der Waals surface area (Å²) in [6, 6.07) is 57.9. The maximum atomic E-state index is 2.46. The van der Waals surface area contributed by atoms with E-state index in [9.17, 15) is 0 Å². The lowest BCUT2D eigenvalue weighted by Crippen LogP contribution is -2.27. The first kappa shape index (κ1) is 32.8. The summed E-state index contributed by atoms with van der Waals surface area (Å²) in [7, 11) is 0. The van der Waals surface area contributed by atoms with Gasteiger partial charge < -0.3 is 14.7 Å². The Labute approximate surface area is 324 Å². The fourth-order valence-electron chi connectivity index (χ4n) is 8.66. The van der Waals surface area contributed by atoms with Crippen molar-refractivity contribution in [3.05, 3.63) is 221 Å². The summed E-state index contributed by atoms with van der Waals surface area (Å²) in [5.74, 6) is 0. The molecule has 0 spiro atoms. The van der Waals surface area contributed by atoms with Gasteiger partial charge in [-0.1, -0.05) is 127 Å². The van der Waals surface area contributed by atoms with Crippen LogP contribution in [0.5, 0.6) is 0 Å². The van der Waals surface area contributed by atoms with Gasteiger partial charge in [0, 0.05) is 34.7 Å². The summed E-state index contributed by atoms with van der Waals surface area (Å²) in [6.07, 6.45) is 12.8. The van der Waals surface area contributed by atoms with Crippen molar-refractivity contribution in [1.82, 2.24) is 0 Å². The van der Waals surface area contributed by atoms with Gasteiger partial charge in [-0.25, -0.2) is 0 Å². The molecule has 0 aliphatic carbocycles. The van der Waals surface area contributed by atoms with Gasteiger partial charge in [0.05, 0.1) is 28.4 Å². The van der Waals surface area contributed by atoms with Crippen LogP contribution in [0.4, 0.5) is 45.5 Å². The Balaban J connectivity index is 0.987. The molecule has 264 valence electrons. The fourth-order valence-corrected chi connectivity index (χ4v) is 8.66. The van der Waals surface area contributed by atoms with Gasteiger partial charge in [-0.3, -0.25) is 0 Å². The average Bonchev–Trinajstić information content (AvgIpc) is 3.22. The molecule has 0 unspecified atom stereocenters. The number of fused-ring (bicyclic) bond motifs is 5. The lowest BCUT2D eigenvalue weighted by molar-refractivity contribution is 1.06. The molecular weight excluding hydrogens is 667 g/mol. The molecule has 0 saturated carbocycles. The van der Waals surface area contributed by atoms with Crippen LogP contribution in [-0.4, -0.2) is 0 Å². The molecule has 0 bridgehead atoms. The molecule has 0 saturated heterocycles. The van der Waals surface area contributed by atoms with Gasteiger partial charge >= 0.3 is 0 Å². The molecule has 7 aromatic carbocycles. The highest BCUT2D eigenvalue weighted by Gasteiger charge is 2.35. The number of aryl methyl sites for hydroxylation is 1. The third-order valence-corrected chi connectivity index (χ3v) is 11.4. The van der Waals surface area contributed by atoms with E-state index in [0.29, 0.717) is 0 Å². The minimum atomic E-state index is 0.889. The first-order chi connectivity index (χ1) is 27.2. The van der Waals surface area contributed by atoms with Crippen LogP contribution in [0.25, 0.3) is 17.2 Å². The Morgan fingerprint density at radius 2 is 1.04 bits per heavy atom. The number of benzene rings is 7. The predicted molar refractivity (Wildman–Crippen MR) is 232 cm³/mol. The standard InChI is InChI=1S/C52H41N3/c1-3-43-19-7-8-20-46-40(34-39-15-5-4-14-36(39)2)17-12-24-48(46)53(43)44-30-26-37(27-31-44)38-28-32-45(33-29-38)54-49-22-10-11-23-50(49)55-47-21-9-6-16-41(47)35-42-18-13-25-51(54)52(42)55/h3-33H,34-35H2,1-2H3/b19-7-,20-8-,43-3-. The Kier molecular flexibility index (Phi) is 8.07. The summed E-state index contributed by atoms with van der Waals surface area (Å²) in [5, 5.41) is 0. The van der Waals surface area contributed by atoms with Gasteiger partial charge in [-0.05, 0) is 120 Å². The summed E-state index contributed by atoms with van der Waals surface area (Å²) >= 11 is 0. The van der Waals surface area contributed by atoms with Gasteiger partial charge in [-0.2, -0.15) is 0 Å². The summed E-state index contributed by atoms with van der Waals surface area (Å²) in [6.45, 7) is 4.32. The molecule has 0 atom stereocenters. The SMILES string of the molecule is C/C=C1/C=C\C=C/c2c(Cc3ccccc3C)cccc2N1c1ccc(-c2ccc(N3c4ccccc4N4c5ccccc5Cc5cccc3c54)cc2)cc1. The van der Waals surface area contributed by atoms with Crippen LogP contribution >= 0.6 is 0 Å². The number of rotatable bonds is 5. The van der Waals surface area contributed by atoms with E-state index in [-0.39, 0.29) is 0 Å². The van der Waals surface area contributed by atoms with Gasteiger partial charge in [0.15, 0.2) is 0 Å². The minimum absolute atomic E-state index is 0.889. The number of para-hydroxylation sites is 4. The van der Waals surface area contributed by atoms with E-state index in [1.54, 1.807) is 0 Å². The van der Waals surface area contributed by atoms with Gasteiger partial charge in [-0.15, -0.1) is 0 Å². The minimum Gasteiger partial charge on any atom is -0.310 e. The molecule has 3 aliphatic rings. The van der Waals surface area contributed by atoms with Gasteiger partial charge in [0.25, 0.3) is 0 Å². The van der Waals surface area contributed by atoms with Crippen molar-refractivity contribution in [3.8, 4) is 11.1 Å². The molecule has 10 rings (SSSR count). The molecule has 7 aromatic rings. The number of allylic oxidation sites excluding steroid dienone is 4. The second-order valence-corrected chi connectivity index (χ2v) is 14.6. The lowest BCUT2D eigenvalue weighted by atomic mass is 9.91. The number of anilines is 8. The molecule has 3 heterocycles. The molecule has 0 aromatic heterocycles. The highest BCUT2D eigenvalue weighted by atomic mass is 15.3. The van der Waals surface area contributed by atoms with Crippen LogP contribution < -0.4 is 14.7 Å². The van der Waals surface area contributed by atoms with E-state index in [4.69, 9.17) is 0 Å². The zero-order chi connectivity index (χ0) is 36.9. The van der Waals surface area contributed by atoms with E-state index >= 15 is 0 Å². The second kappa shape index (κ2) is 13.5. The smallest absolute Gasteiger partial charge is 0.0739 e. The van der Waals surface area contributed by atoms with Crippen molar-refractivity contribution < 1.29 is 0 Å². The molecule has 0 N–H and O–H groups in total. The molecule has 55 heavy (non-hydrogen) atoms. The summed E-state index contributed by atoms with van der Waals surface area (Å²) in [5.41, 5.74) is 21.1. The molecule has 0 amide bonds. The Hall–Kier alpha value is -6.84. The molecule has 0 fully saturated rings. The van der Waals surface area contributed by atoms with Crippen LogP contribution in [-0.2, 0) is 12.8 Å². The van der Waals surface area contributed by atoms with Crippen LogP contribution in [0, 0.1) is 6.92 Å². The average molecular weight is 708 g/mol. The molecule has 0 radical (unpaired) electrons. The first-order valence-electron chi connectivity index (χ1n) is 19.2. The molecule has 3 nitrogen and oxygen atoms in total. The molecule has 3 aliphatic heterocycles. The van der Waals surface area contributed by atoms with E-state index < -0.39 is 0 Å². The van der Waals surface area contributed by atoms with E-state index in [0.717, 1.165) is 29.9 Å². The topological polar surface area (TPSA) is 9.72 Å². The Morgan fingerprint density at radius 1 is 0.473 bits per heavy atom. The zero-order valence-corrected chi connectivity index (χ0v) is 31.2. The van der Waals surface area contributed by atoms with Crippen LogP contribution in [0.1, 0.15) is 40.3 Å². The third-order valence-electron chi connectivity index (χ3n) is 11.4. The Bertz CT molecular complexity index is 2680. The Morgan fingerprint density at radius 3 is 1.78 bits per heavy atom. The summed E-state index contributed by atoms with van der Waals surface area (Å²) in [4.78, 5) is 7.28. The van der Waals surface area contributed by atoms with Crippen LogP contribution in [0.15, 0.2) is 188 Å². The van der Waals surface area contributed by atoms with Crippen molar-refractivity contribution >= 4 is 51.6 Å². The van der Waals surface area contributed by atoms with Gasteiger partial charge in [0.2, 0.25) is 0 Å². The first-order valence-corrected chi connectivity index (χ1v) is 19.2. The largest absolute Gasteiger partial charge is 0.310 e. The normalized spacial score (nSPS) is 15.7. The molecular formula is C52H41N3.